The Balaban J connectivity index is 1.68. The second-order valence-corrected chi connectivity index (χ2v) is 3.95. The van der Waals surface area contributed by atoms with Crippen LogP contribution in [-0.4, -0.2) is 27.9 Å². The number of aromatic nitrogens is 3. The molecule has 92 valence electrons. The molecule has 4 heteroatoms. The average Bonchev–Trinajstić information content (AvgIpc) is 2.81. The molecule has 2 aromatic rings. The molecule has 2 rings (SSSR count). The molecule has 18 heavy (non-hydrogen) atoms. The van der Waals surface area contributed by atoms with Gasteiger partial charge in [-0.2, -0.15) is 0 Å². The lowest BCUT2D eigenvalue weighted by Gasteiger charge is -2.00. The van der Waals surface area contributed by atoms with Gasteiger partial charge in [0.1, 0.15) is 12.2 Å². The molecule has 0 aliphatic rings. The number of hydrogen-bond acceptors (Lipinski definition) is 3. The van der Waals surface area contributed by atoms with Crippen molar-refractivity contribution in [3.8, 4) is 11.8 Å². The van der Waals surface area contributed by atoms with E-state index in [1.54, 1.807) is 6.33 Å². The summed E-state index contributed by atoms with van der Waals surface area (Å²) in [5.41, 5.74) is 1.05. The van der Waals surface area contributed by atoms with Crippen LogP contribution in [0.2, 0.25) is 0 Å². The van der Waals surface area contributed by atoms with Crippen LogP contribution in [0.4, 0.5) is 0 Å². The Morgan fingerprint density at radius 3 is 2.83 bits per heavy atom. The Labute approximate surface area is 107 Å². The number of aryl methyl sites for hydroxylation is 1. The van der Waals surface area contributed by atoms with E-state index in [0.717, 1.165) is 24.4 Å². The molecule has 0 amide bonds. The third-order valence-electron chi connectivity index (χ3n) is 2.55. The highest BCUT2D eigenvalue weighted by Gasteiger charge is 1.98. The van der Waals surface area contributed by atoms with E-state index in [0.29, 0.717) is 6.54 Å². The average molecular weight is 240 g/mol. The molecule has 4 nitrogen and oxygen atoms in total. The third kappa shape index (κ3) is 3.72. The van der Waals surface area contributed by atoms with Crippen LogP contribution in [0.1, 0.15) is 11.4 Å². The van der Waals surface area contributed by atoms with Gasteiger partial charge in [0.2, 0.25) is 0 Å². The van der Waals surface area contributed by atoms with E-state index < -0.39 is 0 Å². The van der Waals surface area contributed by atoms with Crippen molar-refractivity contribution in [2.75, 3.05) is 13.1 Å². The first kappa shape index (κ1) is 12.3. The summed E-state index contributed by atoms with van der Waals surface area (Å²) in [5, 5.41) is 11.1. The SMILES string of the molecule is Cn1cnnc1CCNCC#Cc1ccccc1. The normalized spacial score (nSPS) is 9.83. The topological polar surface area (TPSA) is 42.7 Å². The second kappa shape index (κ2) is 6.58. The standard InChI is InChI=1S/C14H16N4/c1-18-12-16-17-14(18)9-11-15-10-5-8-13-6-3-2-4-7-13/h2-4,6-7,12,15H,9-11H2,1H3. The molecule has 1 N–H and O–H groups in total. The van der Waals surface area contributed by atoms with Crippen molar-refractivity contribution in [3.63, 3.8) is 0 Å². The lowest BCUT2D eigenvalue weighted by atomic mass is 10.2. The highest BCUT2D eigenvalue weighted by atomic mass is 15.2. The van der Waals surface area contributed by atoms with E-state index in [4.69, 9.17) is 0 Å². The Kier molecular flexibility index (Phi) is 4.51. The fourth-order valence-electron chi connectivity index (χ4n) is 1.55. The van der Waals surface area contributed by atoms with Gasteiger partial charge in [0.15, 0.2) is 0 Å². The quantitative estimate of drug-likeness (QED) is 0.640. The minimum Gasteiger partial charge on any atom is -0.321 e. The van der Waals surface area contributed by atoms with Crippen LogP contribution in [0, 0.1) is 11.8 Å². The molecule has 0 saturated carbocycles. The molecule has 0 bridgehead atoms. The van der Waals surface area contributed by atoms with Crippen LogP contribution < -0.4 is 5.32 Å². The Bertz CT molecular complexity index is 534. The fraction of sp³-hybridized carbons (Fsp3) is 0.286. The van der Waals surface area contributed by atoms with Crippen molar-refractivity contribution >= 4 is 0 Å². The zero-order valence-electron chi connectivity index (χ0n) is 10.4. The fourth-order valence-corrected chi connectivity index (χ4v) is 1.55. The maximum absolute atomic E-state index is 4.02. The summed E-state index contributed by atoms with van der Waals surface area (Å²) in [6.45, 7) is 1.54. The molecule has 0 fully saturated rings. The highest BCUT2D eigenvalue weighted by molar-refractivity contribution is 5.33. The second-order valence-electron chi connectivity index (χ2n) is 3.95. The summed E-state index contributed by atoms with van der Waals surface area (Å²) in [6.07, 6.45) is 2.58. The maximum atomic E-state index is 4.02. The molecule has 0 atom stereocenters. The van der Waals surface area contributed by atoms with Gasteiger partial charge < -0.3 is 9.88 Å². The van der Waals surface area contributed by atoms with Crippen LogP contribution in [-0.2, 0) is 13.5 Å². The predicted octanol–water partition coefficient (Wildman–Crippen LogP) is 0.999. The summed E-state index contributed by atoms with van der Waals surface area (Å²) < 4.78 is 1.93. The van der Waals surface area contributed by atoms with Crippen LogP contribution >= 0.6 is 0 Å². The molecular formula is C14H16N4. The summed E-state index contributed by atoms with van der Waals surface area (Å²) in [6, 6.07) is 9.99. The molecule has 0 spiro atoms. The lowest BCUT2D eigenvalue weighted by Crippen LogP contribution is -2.18. The van der Waals surface area contributed by atoms with Crippen molar-refractivity contribution in [3.05, 3.63) is 48.0 Å². The van der Waals surface area contributed by atoms with Crippen LogP contribution in [0.25, 0.3) is 0 Å². The molecule has 0 saturated heterocycles. The summed E-state index contributed by atoms with van der Waals surface area (Å²) in [5.74, 6) is 7.18. The predicted molar refractivity (Wildman–Crippen MR) is 70.9 cm³/mol. The Morgan fingerprint density at radius 1 is 1.28 bits per heavy atom. The van der Waals surface area contributed by atoms with E-state index in [-0.39, 0.29) is 0 Å². The van der Waals surface area contributed by atoms with Crippen LogP contribution in [0.3, 0.4) is 0 Å². The zero-order chi connectivity index (χ0) is 12.6. The first-order valence-electron chi connectivity index (χ1n) is 5.94. The Hall–Kier alpha value is -2.12. The van der Waals surface area contributed by atoms with Crippen molar-refractivity contribution in [2.24, 2.45) is 7.05 Å². The van der Waals surface area contributed by atoms with Gasteiger partial charge in [-0.1, -0.05) is 30.0 Å². The van der Waals surface area contributed by atoms with Gasteiger partial charge in [-0.25, -0.2) is 0 Å². The molecule has 1 aromatic carbocycles. The van der Waals surface area contributed by atoms with Crippen molar-refractivity contribution < 1.29 is 0 Å². The monoisotopic (exact) mass is 240 g/mol. The minimum atomic E-state index is 0.687. The maximum Gasteiger partial charge on any atom is 0.133 e. The first-order chi connectivity index (χ1) is 8.86. The molecular weight excluding hydrogens is 224 g/mol. The van der Waals surface area contributed by atoms with Gasteiger partial charge in [0.05, 0.1) is 6.54 Å². The van der Waals surface area contributed by atoms with Gasteiger partial charge in [-0.15, -0.1) is 10.2 Å². The number of nitrogens with one attached hydrogen (secondary N) is 1. The van der Waals surface area contributed by atoms with Gasteiger partial charge in [-0.3, -0.25) is 0 Å². The summed E-state index contributed by atoms with van der Waals surface area (Å²) >= 11 is 0. The summed E-state index contributed by atoms with van der Waals surface area (Å²) in [7, 11) is 1.95. The zero-order valence-corrected chi connectivity index (χ0v) is 10.4. The Morgan fingerprint density at radius 2 is 2.11 bits per heavy atom. The van der Waals surface area contributed by atoms with Crippen LogP contribution in [0.5, 0.6) is 0 Å². The molecule has 0 unspecified atom stereocenters. The van der Waals surface area contributed by atoms with E-state index in [1.807, 2.05) is 41.9 Å². The van der Waals surface area contributed by atoms with E-state index >= 15 is 0 Å². The molecule has 0 aliphatic heterocycles. The number of hydrogen-bond donors (Lipinski definition) is 1. The van der Waals surface area contributed by atoms with E-state index in [2.05, 4.69) is 27.4 Å². The van der Waals surface area contributed by atoms with Crippen LogP contribution in [0.15, 0.2) is 36.7 Å². The number of rotatable bonds is 4. The summed E-state index contributed by atoms with van der Waals surface area (Å²) in [4.78, 5) is 0. The van der Waals surface area contributed by atoms with Crippen molar-refractivity contribution in [1.29, 1.82) is 0 Å². The van der Waals surface area contributed by atoms with Gasteiger partial charge in [-0.05, 0) is 12.1 Å². The largest absolute Gasteiger partial charge is 0.321 e. The molecule has 0 radical (unpaired) electrons. The van der Waals surface area contributed by atoms with Crippen molar-refractivity contribution in [2.45, 2.75) is 6.42 Å². The minimum absolute atomic E-state index is 0.687. The molecule has 1 heterocycles. The lowest BCUT2D eigenvalue weighted by molar-refractivity contribution is 0.696. The number of nitrogens with zero attached hydrogens (tertiary/aromatic N) is 3. The smallest absolute Gasteiger partial charge is 0.133 e. The van der Waals surface area contributed by atoms with E-state index in [1.165, 1.54) is 0 Å². The molecule has 1 aromatic heterocycles. The van der Waals surface area contributed by atoms with Gasteiger partial charge in [0.25, 0.3) is 0 Å². The number of benzene rings is 1. The first-order valence-corrected chi connectivity index (χ1v) is 5.94. The highest BCUT2D eigenvalue weighted by Crippen LogP contribution is 1.94. The third-order valence-corrected chi connectivity index (χ3v) is 2.55. The molecule has 0 aliphatic carbocycles. The van der Waals surface area contributed by atoms with Gasteiger partial charge >= 0.3 is 0 Å². The van der Waals surface area contributed by atoms with Gasteiger partial charge in [0, 0.05) is 25.6 Å². The van der Waals surface area contributed by atoms with Crippen molar-refractivity contribution in [1.82, 2.24) is 20.1 Å². The van der Waals surface area contributed by atoms with E-state index in [9.17, 15) is 0 Å².